The summed E-state index contributed by atoms with van der Waals surface area (Å²) in [6.07, 6.45) is 8.75. The third kappa shape index (κ3) is 6.13. The number of hydrogen-bond acceptors (Lipinski definition) is 4. The van der Waals surface area contributed by atoms with E-state index in [-0.39, 0.29) is 24.0 Å². The number of halogens is 1. The van der Waals surface area contributed by atoms with Crippen LogP contribution in [0.4, 0.5) is 0 Å². The average molecular weight is 476 g/mol. The molecule has 1 aliphatic heterocycles. The molecule has 2 heterocycles. The van der Waals surface area contributed by atoms with E-state index in [0.717, 1.165) is 31.4 Å². The lowest BCUT2D eigenvalue weighted by atomic mass is 10.0. The number of guanidine groups is 1. The van der Waals surface area contributed by atoms with Crippen LogP contribution < -0.4 is 10.6 Å². The van der Waals surface area contributed by atoms with E-state index in [2.05, 4.69) is 27.4 Å². The third-order valence-electron chi connectivity index (χ3n) is 5.35. The van der Waals surface area contributed by atoms with Crippen LogP contribution >= 0.6 is 24.0 Å². The number of nitrogens with zero attached hydrogens (tertiary/aromatic N) is 2. The van der Waals surface area contributed by atoms with Crippen molar-refractivity contribution in [2.45, 2.75) is 63.6 Å². The number of aliphatic hydroxyl groups is 1. The molecule has 1 atom stereocenters. The van der Waals surface area contributed by atoms with Gasteiger partial charge in [0.05, 0.1) is 12.8 Å². The van der Waals surface area contributed by atoms with Gasteiger partial charge >= 0.3 is 0 Å². The van der Waals surface area contributed by atoms with Crippen LogP contribution in [0.25, 0.3) is 0 Å². The molecule has 1 aliphatic carbocycles. The summed E-state index contributed by atoms with van der Waals surface area (Å²) in [5, 5.41) is 16.9. The van der Waals surface area contributed by atoms with Crippen LogP contribution in [0.2, 0.25) is 0 Å². The van der Waals surface area contributed by atoms with Crippen LogP contribution in [-0.2, 0) is 0 Å². The van der Waals surface area contributed by atoms with Gasteiger partial charge in [0.1, 0.15) is 11.9 Å². The van der Waals surface area contributed by atoms with Crippen molar-refractivity contribution in [1.82, 2.24) is 15.5 Å². The van der Waals surface area contributed by atoms with Crippen LogP contribution in [0.5, 0.6) is 0 Å². The molecule has 1 unspecified atom stereocenters. The highest BCUT2D eigenvalue weighted by molar-refractivity contribution is 14.0. The van der Waals surface area contributed by atoms with Gasteiger partial charge in [-0.3, -0.25) is 4.99 Å². The molecule has 0 amide bonds. The van der Waals surface area contributed by atoms with Crippen molar-refractivity contribution >= 4 is 29.9 Å². The summed E-state index contributed by atoms with van der Waals surface area (Å²) in [4.78, 5) is 7.21. The summed E-state index contributed by atoms with van der Waals surface area (Å²) < 4.78 is 5.23. The van der Waals surface area contributed by atoms with Crippen LogP contribution in [-0.4, -0.2) is 54.2 Å². The van der Waals surface area contributed by atoms with Crippen molar-refractivity contribution in [3.05, 3.63) is 24.2 Å². The summed E-state index contributed by atoms with van der Waals surface area (Å²) >= 11 is 0. The van der Waals surface area contributed by atoms with Crippen molar-refractivity contribution in [1.29, 1.82) is 0 Å². The Balaban J connectivity index is 0.00000243. The fourth-order valence-corrected chi connectivity index (χ4v) is 3.94. The number of likely N-dealkylation sites (tertiary alicyclic amines) is 1. The minimum atomic E-state index is -0.699. The van der Waals surface area contributed by atoms with Gasteiger partial charge in [-0.1, -0.05) is 12.8 Å². The minimum Gasteiger partial charge on any atom is -0.467 e. The van der Waals surface area contributed by atoms with E-state index in [1.165, 1.54) is 38.8 Å². The first-order valence-corrected chi connectivity index (χ1v) is 9.76. The zero-order valence-corrected chi connectivity index (χ0v) is 18.0. The lowest BCUT2D eigenvalue weighted by Gasteiger charge is -2.36. The summed E-state index contributed by atoms with van der Waals surface area (Å²) in [5.74, 6) is 1.34. The highest BCUT2D eigenvalue weighted by Crippen LogP contribution is 2.26. The second-order valence-electron chi connectivity index (χ2n) is 7.14. The Morgan fingerprint density at radius 3 is 2.65 bits per heavy atom. The van der Waals surface area contributed by atoms with E-state index in [0.29, 0.717) is 18.3 Å². The molecule has 7 heteroatoms. The fraction of sp³-hybridized carbons (Fsp3) is 0.737. The van der Waals surface area contributed by atoms with Crippen molar-refractivity contribution in [3.8, 4) is 0 Å². The Morgan fingerprint density at radius 1 is 1.31 bits per heavy atom. The molecule has 1 saturated heterocycles. The zero-order valence-electron chi connectivity index (χ0n) is 15.7. The molecular weight excluding hydrogens is 443 g/mol. The van der Waals surface area contributed by atoms with Gasteiger partial charge in [0.2, 0.25) is 0 Å². The number of hydrogen-bond donors (Lipinski definition) is 3. The maximum Gasteiger partial charge on any atom is 0.191 e. The van der Waals surface area contributed by atoms with E-state index in [9.17, 15) is 5.11 Å². The van der Waals surface area contributed by atoms with Gasteiger partial charge in [0.25, 0.3) is 0 Å². The highest BCUT2D eigenvalue weighted by Gasteiger charge is 2.27. The van der Waals surface area contributed by atoms with Crippen LogP contribution in [0.1, 0.15) is 57.3 Å². The Hall–Kier alpha value is -0.800. The predicted molar refractivity (Wildman–Crippen MR) is 115 cm³/mol. The molecule has 148 valence electrons. The van der Waals surface area contributed by atoms with Gasteiger partial charge in [-0.25, -0.2) is 0 Å². The monoisotopic (exact) mass is 476 g/mol. The van der Waals surface area contributed by atoms with Crippen molar-refractivity contribution in [2.75, 3.05) is 26.2 Å². The van der Waals surface area contributed by atoms with E-state index >= 15 is 0 Å². The maximum absolute atomic E-state index is 10.1. The zero-order chi connectivity index (χ0) is 17.5. The van der Waals surface area contributed by atoms with Crippen molar-refractivity contribution < 1.29 is 9.52 Å². The number of aliphatic imine (C=N–C) groups is 1. The maximum atomic E-state index is 10.1. The SMILES string of the molecule is CCNC(=NCC(O)c1ccco1)NC1CCN(C2CCCC2)CC1.I. The van der Waals surface area contributed by atoms with Crippen LogP contribution in [0, 0.1) is 0 Å². The van der Waals surface area contributed by atoms with Gasteiger partial charge in [0, 0.05) is 31.7 Å². The molecule has 3 rings (SSSR count). The Labute approximate surface area is 173 Å². The Kier molecular flexibility index (Phi) is 9.21. The van der Waals surface area contributed by atoms with Gasteiger partial charge in [-0.15, -0.1) is 24.0 Å². The molecular formula is C19H33IN4O2. The average Bonchev–Trinajstić information content (AvgIpc) is 3.33. The number of nitrogens with one attached hydrogen (secondary N) is 2. The second kappa shape index (κ2) is 11.1. The summed E-state index contributed by atoms with van der Waals surface area (Å²) in [5.41, 5.74) is 0. The minimum absolute atomic E-state index is 0. The van der Waals surface area contributed by atoms with E-state index < -0.39 is 6.10 Å². The van der Waals surface area contributed by atoms with Crippen LogP contribution in [0.3, 0.4) is 0 Å². The van der Waals surface area contributed by atoms with Crippen molar-refractivity contribution in [3.63, 3.8) is 0 Å². The van der Waals surface area contributed by atoms with E-state index in [4.69, 9.17) is 4.42 Å². The molecule has 0 radical (unpaired) electrons. The summed E-state index contributed by atoms with van der Waals surface area (Å²) in [6, 6.07) is 4.84. The molecule has 1 aromatic heterocycles. The first-order chi connectivity index (χ1) is 12.3. The third-order valence-corrected chi connectivity index (χ3v) is 5.35. The summed E-state index contributed by atoms with van der Waals surface area (Å²) in [7, 11) is 0. The largest absolute Gasteiger partial charge is 0.467 e. The molecule has 0 spiro atoms. The highest BCUT2D eigenvalue weighted by atomic mass is 127. The molecule has 26 heavy (non-hydrogen) atoms. The quantitative estimate of drug-likeness (QED) is 0.335. The number of furan rings is 1. The lowest BCUT2D eigenvalue weighted by molar-refractivity contribution is 0.149. The normalized spacial score (nSPS) is 21.4. The topological polar surface area (TPSA) is 73.0 Å². The molecule has 1 aromatic rings. The molecule has 1 saturated carbocycles. The molecule has 2 fully saturated rings. The summed E-state index contributed by atoms with van der Waals surface area (Å²) in [6.45, 7) is 5.52. The molecule has 3 N–H and O–H groups in total. The fourth-order valence-electron chi connectivity index (χ4n) is 3.94. The van der Waals surface area contributed by atoms with Crippen LogP contribution in [0.15, 0.2) is 27.8 Å². The van der Waals surface area contributed by atoms with Gasteiger partial charge in [-0.2, -0.15) is 0 Å². The second-order valence-corrected chi connectivity index (χ2v) is 7.14. The van der Waals surface area contributed by atoms with Crippen molar-refractivity contribution in [2.24, 2.45) is 4.99 Å². The molecule has 2 aliphatic rings. The first kappa shape index (κ1) is 21.5. The number of rotatable bonds is 6. The Bertz CT molecular complexity index is 524. The Morgan fingerprint density at radius 2 is 2.04 bits per heavy atom. The molecule has 0 aromatic carbocycles. The number of aliphatic hydroxyl groups excluding tert-OH is 1. The van der Waals surface area contributed by atoms with E-state index in [1.807, 2.05) is 0 Å². The smallest absolute Gasteiger partial charge is 0.191 e. The first-order valence-electron chi connectivity index (χ1n) is 9.76. The molecule has 0 bridgehead atoms. The van der Waals surface area contributed by atoms with E-state index in [1.54, 1.807) is 18.4 Å². The van der Waals surface area contributed by atoms with Gasteiger partial charge < -0.3 is 25.1 Å². The molecule has 6 nitrogen and oxygen atoms in total. The predicted octanol–water partition coefficient (Wildman–Crippen LogP) is 2.89. The van der Waals surface area contributed by atoms with Gasteiger partial charge in [-0.05, 0) is 44.7 Å². The lowest BCUT2D eigenvalue weighted by Crippen LogP contribution is -2.50. The number of piperidine rings is 1. The standard InChI is InChI=1S/C19H32N4O2.HI/c1-2-20-19(21-14-17(24)18-8-5-13-25-18)22-15-9-11-23(12-10-15)16-6-3-4-7-16;/h5,8,13,15-17,24H,2-4,6-7,9-12,14H2,1H3,(H2,20,21,22);1H. The van der Waals surface area contributed by atoms with Gasteiger partial charge in [0.15, 0.2) is 5.96 Å².